The molecule has 5 aromatic heterocycles. The molecule has 0 amide bonds. The van der Waals surface area contributed by atoms with E-state index in [1.807, 2.05) is 34.9 Å². The summed E-state index contributed by atoms with van der Waals surface area (Å²) in [6, 6.07) is 23.2. The number of benzene rings is 1. The maximum Gasteiger partial charge on any atom is 0.248 e. The Kier molecular flexibility index (Phi) is 7.42. The number of nitriles is 1. The van der Waals surface area contributed by atoms with Gasteiger partial charge >= 0.3 is 0 Å². The predicted octanol–water partition coefficient (Wildman–Crippen LogP) is 4.16. The number of aromatic amines is 1. The first-order valence-corrected chi connectivity index (χ1v) is 14.6. The first kappa shape index (κ1) is 27.9. The van der Waals surface area contributed by atoms with Gasteiger partial charge in [0.15, 0.2) is 11.5 Å². The third kappa shape index (κ3) is 5.84. The number of piperidine rings is 1. The number of rotatable bonds is 7. The van der Waals surface area contributed by atoms with Crippen LogP contribution >= 0.6 is 0 Å². The molecule has 222 valence electrons. The standard InChI is InChI=1S/C33H29N11O/c34-19-24-10-15-38-33(40-24)39-23-11-16-43(17-12-23)20-21-3-5-25(6-4-21)44-31(26-2-1-13-37-30(26)35)42-28-8-7-27(41-32(28)44)22-9-14-36-29(45)18-22/h1-10,13-15,18,23H,11-12,16-17,20H2,(H2,35,37)(H,36,45)(H,38,39,40). The minimum Gasteiger partial charge on any atom is -0.383 e. The number of pyridine rings is 3. The van der Waals surface area contributed by atoms with Gasteiger partial charge < -0.3 is 16.0 Å². The number of nitrogen functional groups attached to an aromatic ring is 1. The van der Waals surface area contributed by atoms with Gasteiger partial charge in [-0.05, 0) is 66.9 Å². The van der Waals surface area contributed by atoms with Crippen LogP contribution in [0, 0.1) is 11.3 Å². The van der Waals surface area contributed by atoms with Crippen molar-refractivity contribution in [3.05, 3.63) is 107 Å². The number of nitrogens with zero attached hydrogens (tertiary/aromatic N) is 8. The quantitative estimate of drug-likeness (QED) is 0.244. The molecule has 1 aliphatic rings. The second-order valence-corrected chi connectivity index (χ2v) is 10.9. The fraction of sp³-hybridized carbons (Fsp3) is 0.182. The molecule has 1 saturated heterocycles. The van der Waals surface area contributed by atoms with E-state index in [2.05, 4.69) is 60.5 Å². The molecule has 0 bridgehead atoms. The zero-order chi connectivity index (χ0) is 30.8. The van der Waals surface area contributed by atoms with Gasteiger partial charge in [-0.15, -0.1) is 0 Å². The number of H-pyrrole nitrogens is 1. The van der Waals surface area contributed by atoms with E-state index in [9.17, 15) is 4.79 Å². The Bertz CT molecular complexity index is 2090. The summed E-state index contributed by atoms with van der Waals surface area (Å²) in [4.78, 5) is 39.7. The van der Waals surface area contributed by atoms with Crippen molar-refractivity contribution in [1.82, 2.24) is 39.4 Å². The van der Waals surface area contributed by atoms with Crippen LogP contribution in [-0.2, 0) is 6.54 Å². The maximum atomic E-state index is 12.0. The van der Waals surface area contributed by atoms with Crippen LogP contribution in [0.5, 0.6) is 0 Å². The fourth-order valence-electron chi connectivity index (χ4n) is 5.67. The molecule has 0 unspecified atom stereocenters. The number of imidazole rings is 1. The summed E-state index contributed by atoms with van der Waals surface area (Å²) in [5.74, 6) is 1.52. The molecule has 12 nitrogen and oxygen atoms in total. The van der Waals surface area contributed by atoms with Gasteiger partial charge in [0.2, 0.25) is 11.5 Å². The molecule has 6 aromatic rings. The minimum absolute atomic E-state index is 0.192. The molecule has 0 radical (unpaired) electrons. The molecule has 0 aliphatic carbocycles. The highest BCUT2D eigenvalue weighted by Crippen LogP contribution is 2.32. The van der Waals surface area contributed by atoms with E-state index in [-0.39, 0.29) is 11.6 Å². The van der Waals surface area contributed by atoms with Gasteiger partial charge in [0.05, 0.1) is 11.3 Å². The van der Waals surface area contributed by atoms with Crippen LogP contribution in [-0.4, -0.2) is 58.5 Å². The number of aromatic nitrogens is 7. The van der Waals surface area contributed by atoms with E-state index in [1.54, 1.807) is 24.7 Å². The number of nitrogens with two attached hydrogens (primary N) is 1. The number of fused-ring (bicyclic) bond motifs is 1. The Balaban J connectivity index is 1.14. The van der Waals surface area contributed by atoms with Crippen LogP contribution in [0.2, 0.25) is 0 Å². The average molecular weight is 596 g/mol. The molecular formula is C33H29N11O. The van der Waals surface area contributed by atoms with E-state index in [0.717, 1.165) is 38.2 Å². The van der Waals surface area contributed by atoms with E-state index in [0.29, 0.717) is 51.3 Å². The van der Waals surface area contributed by atoms with Crippen molar-refractivity contribution in [3.63, 3.8) is 0 Å². The lowest BCUT2D eigenvalue weighted by Gasteiger charge is -2.32. The summed E-state index contributed by atoms with van der Waals surface area (Å²) in [6.07, 6.45) is 6.79. The largest absolute Gasteiger partial charge is 0.383 e. The Morgan fingerprint density at radius 1 is 0.978 bits per heavy atom. The highest BCUT2D eigenvalue weighted by Gasteiger charge is 2.21. The predicted molar refractivity (Wildman–Crippen MR) is 171 cm³/mol. The monoisotopic (exact) mass is 595 g/mol. The van der Waals surface area contributed by atoms with Gasteiger partial charge in [-0.1, -0.05) is 12.1 Å². The SMILES string of the molecule is N#Cc1ccnc(NC2CCN(Cc3ccc(-n4c(-c5cccnc5N)nc5ccc(-c6cc[nH]c(=O)c6)nc54)cc3)CC2)n1. The Hall–Kier alpha value is -5.93. The van der Waals surface area contributed by atoms with Crippen molar-refractivity contribution in [2.24, 2.45) is 0 Å². The first-order chi connectivity index (χ1) is 22.0. The van der Waals surface area contributed by atoms with Crippen molar-refractivity contribution < 1.29 is 0 Å². The normalized spacial score (nSPS) is 13.9. The number of hydrogen-bond donors (Lipinski definition) is 3. The number of likely N-dealkylation sites (tertiary alicyclic amines) is 1. The molecule has 7 rings (SSSR count). The third-order valence-corrected chi connectivity index (χ3v) is 7.95. The first-order valence-electron chi connectivity index (χ1n) is 14.6. The lowest BCUT2D eigenvalue weighted by molar-refractivity contribution is 0.211. The number of anilines is 2. The highest BCUT2D eigenvalue weighted by molar-refractivity contribution is 5.84. The Morgan fingerprint density at radius 2 is 1.82 bits per heavy atom. The second-order valence-electron chi connectivity index (χ2n) is 10.9. The van der Waals surface area contributed by atoms with Crippen molar-refractivity contribution >= 4 is 22.9 Å². The lowest BCUT2D eigenvalue weighted by Crippen LogP contribution is -2.39. The van der Waals surface area contributed by atoms with E-state index in [1.165, 1.54) is 11.6 Å². The zero-order valence-electron chi connectivity index (χ0n) is 24.3. The molecular weight excluding hydrogens is 566 g/mol. The van der Waals surface area contributed by atoms with Crippen LogP contribution in [0.15, 0.2) is 90.1 Å². The maximum absolute atomic E-state index is 12.0. The number of nitrogens with one attached hydrogen (secondary N) is 2. The summed E-state index contributed by atoms with van der Waals surface area (Å²) in [7, 11) is 0. The van der Waals surface area contributed by atoms with Gasteiger partial charge in [-0.3, -0.25) is 14.3 Å². The van der Waals surface area contributed by atoms with Crippen molar-refractivity contribution in [1.29, 1.82) is 5.26 Å². The topological polar surface area (TPSA) is 167 Å². The minimum atomic E-state index is -0.192. The molecule has 0 atom stereocenters. The van der Waals surface area contributed by atoms with E-state index >= 15 is 0 Å². The molecule has 45 heavy (non-hydrogen) atoms. The molecule has 1 aliphatic heterocycles. The highest BCUT2D eigenvalue weighted by atomic mass is 16.1. The van der Waals surface area contributed by atoms with E-state index < -0.39 is 0 Å². The summed E-state index contributed by atoms with van der Waals surface area (Å²) in [5, 5.41) is 12.5. The average Bonchev–Trinajstić information content (AvgIpc) is 3.45. The molecule has 0 spiro atoms. The summed E-state index contributed by atoms with van der Waals surface area (Å²) < 4.78 is 1.99. The van der Waals surface area contributed by atoms with Crippen LogP contribution in [0.25, 0.3) is 39.5 Å². The fourth-order valence-corrected chi connectivity index (χ4v) is 5.67. The zero-order valence-corrected chi connectivity index (χ0v) is 24.3. The molecule has 1 aromatic carbocycles. The summed E-state index contributed by atoms with van der Waals surface area (Å²) in [6.45, 7) is 2.69. The molecule has 0 saturated carbocycles. The van der Waals surface area contributed by atoms with Crippen LogP contribution < -0.4 is 16.6 Å². The van der Waals surface area contributed by atoms with Gasteiger partial charge in [-0.25, -0.2) is 24.9 Å². The smallest absolute Gasteiger partial charge is 0.248 e. The van der Waals surface area contributed by atoms with E-state index in [4.69, 9.17) is 21.0 Å². The van der Waals surface area contributed by atoms with Crippen molar-refractivity contribution in [2.75, 3.05) is 24.1 Å². The summed E-state index contributed by atoms with van der Waals surface area (Å²) in [5.41, 5.74) is 12.0. The molecule has 4 N–H and O–H groups in total. The second kappa shape index (κ2) is 12.0. The van der Waals surface area contributed by atoms with Gasteiger partial charge in [0, 0.05) is 61.6 Å². The van der Waals surface area contributed by atoms with Crippen LogP contribution in [0.4, 0.5) is 11.8 Å². The Morgan fingerprint density at radius 3 is 2.60 bits per heavy atom. The summed E-state index contributed by atoms with van der Waals surface area (Å²) >= 11 is 0. The van der Waals surface area contributed by atoms with Crippen molar-refractivity contribution in [2.45, 2.75) is 25.4 Å². The number of hydrogen-bond acceptors (Lipinski definition) is 10. The third-order valence-electron chi connectivity index (χ3n) is 7.95. The molecule has 12 heteroatoms. The van der Waals surface area contributed by atoms with Crippen LogP contribution in [0.1, 0.15) is 24.1 Å². The lowest BCUT2D eigenvalue weighted by atomic mass is 10.0. The molecule has 6 heterocycles. The van der Waals surface area contributed by atoms with Gasteiger partial charge in [0.1, 0.15) is 23.1 Å². The Labute approximate surface area is 258 Å². The van der Waals surface area contributed by atoms with Gasteiger partial charge in [-0.2, -0.15) is 5.26 Å². The molecule has 1 fully saturated rings. The van der Waals surface area contributed by atoms with Gasteiger partial charge in [0.25, 0.3) is 0 Å². The van der Waals surface area contributed by atoms with Crippen LogP contribution in [0.3, 0.4) is 0 Å². The van der Waals surface area contributed by atoms with Crippen molar-refractivity contribution in [3.8, 4) is 34.4 Å².